The van der Waals surface area contributed by atoms with E-state index in [1.165, 1.54) is 23.3 Å². The molecule has 0 aliphatic heterocycles. The minimum atomic E-state index is -0.489. The van der Waals surface area contributed by atoms with Crippen LogP contribution in [-0.4, -0.2) is 12.9 Å². The molecule has 0 saturated heterocycles. The molecule has 1 aliphatic rings. The van der Waals surface area contributed by atoms with E-state index in [1.54, 1.807) is 6.07 Å². The number of benzene rings is 2. The predicted molar refractivity (Wildman–Crippen MR) is 70.2 cm³/mol. The quantitative estimate of drug-likeness (QED) is 0.784. The molecule has 0 N–H and O–H groups in total. The molecule has 0 amide bonds. The zero-order valence-electron chi connectivity index (χ0n) is 10.3. The summed E-state index contributed by atoms with van der Waals surface area (Å²) >= 11 is 0. The summed E-state index contributed by atoms with van der Waals surface area (Å²) in [7, 11) is 0. The number of aldehydes is 1. The molecule has 0 saturated carbocycles. The highest BCUT2D eigenvalue weighted by Crippen LogP contribution is 2.35. The van der Waals surface area contributed by atoms with Gasteiger partial charge in [-0.2, -0.15) is 0 Å². The Bertz CT molecular complexity index is 622. The molecule has 0 bridgehead atoms. The molecule has 2 aromatic carbocycles. The van der Waals surface area contributed by atoms with Gasteiger partial charge in [-0.1, -0.05) is 24.3 Å². The second-order valence-electron chi connectivity index (χ2n) is 4.72. The first-order chi connectivity index (χ1) is 9.28. The van der Waals surface area contributed by atoms with Gasteiger partial charge in [-0.3, -0.25) is 4.79 Å². The summed E-state index contributed by atoms with van der Waals surface area (Å²) in [5.41, 5.74) is 2.94. The van der Waals surface area contributed by atoms with Crippen molar-refractivity contribution < 1.29 is 13.9 Å². The minimum absolute atomic E-state index is 0.204. The van der Waals surface area contributed by atoms with E-state index in [4.69, 9.17) is 4.74 Å². The standard InChI is InChI=1S/C16H13FO2/c17-15-7-11(9-18)5-6-16(15)19-10-13-8-12-3-1-2-4-14(12)13/h1-7,9,13H,8,10H2. The summed E-state index contributed by atoms with van der Waals surface area (Å²) in [6, 6.07) is 12.5. The van der Waals surface area contributed by atoms with E-state index in [2.05, 4.69) is 12.1 Å². The third kappa shape index (κ3) is 2.24. The number of carbonyl (C=O) groups excluding carboxylic acids is 1. The Labute approximate surface area is 110 Å². The van der Waals surface area contributed by atoms with Gasteiger partial charge in [0.2, 0.25) is 0 Å². The van der Waals surface area contributed by atoms with Gasteiger partial charge in [0.15, 0.2) is 11.6 Å². The normalized spacial score (nSPS) is 16.4. The Kier molecular flexibility index (Phi) is 3.03. The van der Waals surface area contributed by atoms with Crippen LogP contribution in [0.1, 0.15) is 27.4 Å². The van der Waals surface area contributed by atoms with Crippen LogP contribution in [0.3, 0.4) is 0 Å². The second kappa shape index (κ2) is 4.84. The molecule has 0 fully saturated rings. The minimum Gasteiger partial charge on any atom is -0.490 e. The van der Waals surface area contributed by atoms with Crippen molar-refractivity contribution in [1.82, 2.24) is 0 Å². The van der Waals surface area contributed by atoms with Gasteiger partial charge in [-0.25, -0.2) is 4.39 Å². The fourth-order valence-corrected chi connectivity index (χ4v) is 2.41. The molecular weight excluding hydrogens is 243 g/mol. The van der Waals surface area contributed by atoms with Crippen LogP contribution in [0, 0.1) is 5.82 Å². The lowest BCUT2D eigenvalue weighted by Crippen LogP contribution is -2.23. The molecular formula is C16H13FO2. The Morgan fingerprint density at radius 3 is 2.84 bits per heavy atom. The molecule has 96 valence electrons. The van der Waals surface area contributed by atoms with Gasteiger partial charge in [0.25, 0.3) is 0 Å². The highest BCUT2D eigenvalue weighted by Gasteiger charge is 2.26. The molecule has 0 spiro atoms. The second-order valence-corrected chi connectivity index (χ2v) is 4.72. The lowest BCUT2D eigenvalue weighted by atomic mass is 9.78. The number of halogens is 1. The number of carbonyl (C=O) groups is 1. The van der Waals surface area contributed by atoms with Gasteiger partial charge < -0.3 is 4.74 Å². The summed E-state index contributed by atoms with van der Waals surface area (Å²) in [4.78, 5) is 10.5. The average molecular weight is 256 g/mol. The summed E-state index contributed by atoms with van der Waals surface area (Å²) in [5.74, 6) is 0.0496. The lowest BCUT2D eigenvalue weighted by molar-refractivity contribution is 0.112. The van der Waals surface area contributed by atoms with Crippen molar-refractivity contribution in [2.24, 2.45) is 0 Å². The Morgan fingerprint density at radius 2 is 2.11 bits per heavy atom. The van der Waals surface area contributed by atoms with Crippen molar-refractivity contribution in [3.8, 4) is 5.75 Å². The Hall–Kier alpha value is -2.16. The van der Waals surface area contributed by atoms with Crippen LogP contribution in [0.4, 0.5) is 4.39 Å². The number of hydrogen-bond acceptors (Lipinski definition) is 2. The van der Waals surface area contributed by atoms with E-state index in [-0.39, 0.29) is 5.75 Å². The highest BCUT2D eigenvalue weighted by atomic mass is 19.1. The molecule has 0 radical (unpaired) electrons. The van der Waals surface area contributed by atoms with E-state index in [0.29, 0.717) is 24.4 Å². The Morgan fingerprint density at radius 1 is 1.26 bits per heavy atom. The molecule has 1 unspecified atom stereocenters. The highest BCUT2D eigenvalue weighted by molar-refractivity contribution is 5.74. The van der Waals surface area contributed by atoms with Crippen LogP contribution < -0.4 is 4.74 Å². The van der Waals surface area contributed by atoms with Crippen molar-refractivity contribution in [3.63, 3.8) is 0 Å². The molecule has 3 heteroatoms. The fourth-order valence-electron chi connectivity index (χ4n) is 2.41. The maximum absolute atomic E-state index is 13.6. The van der Waals surface area contributed by atoms with E-state index in [0.717, 1.165) is 6.42 Å². The molecule has 1 aliphatic carbocycles. The number of rotatable bonds is 4. The summed E-state index contributed by atoms with van der Waals surface area (Å²) in [6.45, 7) is 0.467. The van der Waals surface area contributed by atoms with Crippen molar-refractivity contribution >= 4 is 6.29 Å². The number of ether oxygens (including phenoxy) is 1. The third-order valence-corrected chi connectivity index (χ3v) is 3.49. The zero-order valence-corrected chi connectivity index (χ0v) is 10.3. The van der Waals surface area contributed by atoms with Gasteiger partial charge in [-0.15, -0.1) is 0 Å². The lowest BCUT2D eigenvalue weighted by Gasteiger charge is -2.29. The van der Waals surface area contributed by atoms with E-state index in [9.17, 15) is 9.18 Å². The molecule has 2 nitrogen and oxygen atoms in total. The van der Waals surface area contributed by atoms with E-state index < -0.39 is 5.82 Å². The molecule has 0 aromatic heterocycles. The molecule has 0 heterocycles. The van der Waals surface area contributed by atoms with Crippen molar-refractivity contribution in [2.45, 2.75) is 12.3 Å². The van der Waals surface area contributed by atoms with Gasteiger partial charge >= 0.3 is 0 Å². The van der Waals surface area contributed by atoms with Gasteiger partial charge in [0.05, 0.1) is 6.61 Å². The van der Waals surface area contributed by atoms with Crippen molar-refractivity contribution in [1.29, 1.82) is 0 Å². The SMILES string of the molecule is O=Cc1ccc(OCC2Cc3ccccc32)c(F)c1. The molecule has 19 heavy (non-hydrogen) atoms. The van der Waals surface area contributed by atoms with Crippen LogP contribution in [0.2, 0.25) is 0 Å². The number of hydrogen-bond donors (Lipinski definition) is 0. The van der Waals surface area contributed by atoms with Gasteiger partial charge in [0.1, 0.15) is 6.29 Å². The van der Waals surface area contributed by atoms with Gasteiger partial charge in [0, 0.05) is 11.5 Å². The van der Waals surface area contributed by atoms with Crippen molar-refractivity contribution in [3.05, 3.63) is 65.0 Å². The van der Waals surface area contributed by atoms with Crippen LogP contribution in [0.5, 0.6) is 5.75 Å². The van der Waals surface area contributed by atoms with E-state index >= 15 is 0 Å². The monoisotopic (exact) mass is 256 g/mol. The van der Waals surface area contributed by atoms with Crippen LogP contribution >= 0.6 is 0 Å². The molecule has 1 atom stereocenters. The first kappa shape index (κ1) is 11.9. The molecule has 3 rings (SSSR count). The average Bonchev–Trinajstić information content (AvgIpc) is 2.41. The van der Waals surface area contributed by atoms with Crippen molar-refractivity contribution in [2.75, 3.05) is 6.61 Å². The largest absolute Gasteiger partial charge is 0.490 e. The zero-order chi connectivity index (χ0) is 13.2. The maximum Gasteiger partial charge on any atom is 0.165 e. The predicted octanol–water partition coefficient (Wildman–Crippen LogP) is 3.36. The fraction of sp³-hybridized carbons (Fsp3) is 0.188. The topological polar surface area (TPSA) is 26.3 Å². The first-order valence-electron chi connectivity index (χ1n) is 6.23. The summed E-state index contributed by atoms with van der Waals surface area (Å²) in [6.07, 6.45) is 1.60. The van der Waals surface area contributed by atoms with Crippen LogP contribution in [-0.2, 0) is 6.42 Å². The van der Waals surface area contributed by atoms with Crippen LogP contribution in [0.25, 0.3) is 0 Å². The third-order valence-electron chi connectivity index (χ3n) is 3.49. The first-order valence-corrected chi connectivity index (χ1v) is 6.23. The summed E-state index contributed by atoms with van der Waals surface area (Å²) in [5, 5.41) is 0. The van der Waals surface area contributed by atoms with Crippen LogP contribution in [0.15, 0.2) is 42.5 Å². The van der Waals surface area contributed by atoms with E-state index in [1.807, 2.05) is 12.1 Å². The smallest absolute Gasteiger partial charge is 0.165 e. The Balaban J connectivity index is 1.67. The number of fused-ring (bicyclic) bond motifs is 1. The summed E-state index contributed by atoms with van der Waals surface area (Å²) < 4.78 is 19.1. The van der Waals surface area contributed by atoms with Gasteiger partial charge in [-0.05, 0) is 35.7 Å². The maximum atomic E-state index is 13.6. The molecule has 2 aromatic rings.